The number of para-hydroxylation sites is 1. The maximum absolute atomic E-state index is 13.3. The van der Waals surface area contributed by atoms with Crippen molar-refractivity contribution in [2.75, 3.05) is 6.54 Å². The molecule has 0 saturated carbocycles. The van der Waals surface area contributed by atoms with Crippen molar-refractivity contribution in [1.29, 1.82) is 0 Å². The molecule has 1 aromatic carbocycles. The second-order valence-electron chi connectivity index (χ2n) is 10.0. The molecular formula is C27H38N8O9. The van der Waals surface area contributed by atoms with E-state index in [2.05, 4.69) is 25.9 Å². The fraction of sp³-hybridized carbons (Fsp3) is 0.444. The molecule has 44 heavy (non-hydrogen) atoms. The van der Waals surface area contributed by atoms with E-state index in [1.165, 1.54) is 0 Å². The van der Waals surface area contributed by atoms with E-state index in [9.17, 15) is 39.0 Å². The Balaban J connectivity index is 2.21. The number of aliphatic carboxylic acids is 3. The monoisotopic (exact) mass is 618 g/mol. The van der Waals surface area contributed by atoms with E-state index in [4.69, 9.17) is 22.3 Å². The third kappa shape index (κ3) is 11.6. The zero-order valence-electron chi connectivity index (χ0n) is 23.8. The van der Waals surface area contributed by atoms with Gasteiger partial charge in [-0.05, 0) is 37.3 Å². The normalized spacial score (nSPS) is 13.6. The number of nitrogens with two attached hydrogens (primary N) is 3. The number of amides is 3. The highest BCUT2D eigenvalue weighted by Gasteiger charge is 2.31. The van der Waals surface area contributed by atoms with Gasteiger partial charge in [-0.1, -0.05) is 18.2 Å². The Morgan fingerprint density at radius 3 is 1.98 bits per heavy atom. The number of nitrogens with zero attached hydrogens (tertiary/aromatic N) is 1. The lowest BCUT2D eigenvalue weighted by molar-refractivity contribution is -0.143. The molecule has 1 aromatic heterocycles. The number of carbonyl (C=O) groups is 6. The van der Waals surface area contributed by atoms with Gasteiger partial charge in [0.05, 0.1) is 6.04 Å². The minimum atomic E-state index is -1.48. The zero-order valence-corrected chi connectivity index (χ0v) is 23.8. The maximum Gasteiger partial charge on any atom is 0.326 e. The molecule has 17 heteroatoms. The SMILES string of the molecule is NC(N)=NCCCC(NC(=O)C(N)CCC(=O)O)C(=O)NC(CCC(=O)O)C(=O)NC(Cc1c[nH]c2ccccc12)C(=O)O. The summed E-state index contributed by atoms with van der Waals surface area (Å²) in [6.45, 7) is 0.0874. The van der Waals surface area contributed by atoms with E-state index >= 15 is 0 Å². The van der Waals surface area contributed by atoms with Gasteiger partial charge in [-0.2, -0.15) is 0 Å². The van der Waals surface area contributed by atoms with Gasteiger partial charge in [-0.3, -0.25) is 29.0 Å². The molecule has 1 heterocycles. The molecule has 0 bridgehead atoms. The van der Waals surface area contributed by atoms with E-state index in [1.54, 1.807) is 30.5 Å². The van der Waals surface area contributed by atoms with Gasteiger partial charge in [0.15, 0.2) is 5.96 Å². The smallest absolute Gasteiger partial charge is 0.326 e. The number of aromatic amines is 1. The minimum Gasteiger partial charge on any atom is -0.481 e. The number of H-pyrrole nitrogens is 1. The third-order valence-corrected chi connectivity index (χ3v) is 6.58. The van der Waals surface area contributed by atoms with Crippen LogP contribution in [0.4, 0.5) is 0 Å². The Hall–Kier alpha value is -5.19. The van der Waals surface area contributed by atoms with E-state index in [0.717, 1.165) is 10.9 Å². The Labute approximate surface area is 251 Å². The molecular weight excluding hydrogens is 580 g/mol. The number of carboxylic acid groups (broad SMARTS) is 3. The average Bonchev–Trinajstić information content (AvgIpc) is 3.37. The second kappa shape index (κ2) is 17.1. The number of aliphatic imine (C=N–C) groups is 1. The number of nitrogens with one attached hydrogen (secondary N) is 4. The van der Waals surface area contributed by atoms with Gasteiger partial charge in [0.1, 0.15) is 18.1 Å². The van der Waals surface area contributed by atoms with Crippen LogP contribution >= 0.6 is 0 Å². The second-order valence-corrected chi connectivity index (χ2v) is 10.0. The highest BCUT2D eigenvalue weighted by Crippen LogP contribution is 2.19. The average molecular weight is 619 g/mol. The molecule has 3 amide bonds. The van der Waals surface area contributed by atoms with E-state index in [-0.39, 0.29) is 44.6 Å². The van der Waals surface area contributed by atoms with Crippen LogP contribution in [0.1, 0.15) is 44.1 Å². The van der Waals surface area contributed by atoms with Crippen LogP contribution in [0.5, 0.6) is 0 Å². The van der Waals surface area contributed by atoms with Crippen LogP contribution in [0, 0.1) is 0 Å². The summed E-state index contributed by atoms with van der Waals surface area (Å²) in [6.07, 6.45) is 0.135. The van der Waals surface area contributed by atoms with Crippen LogP contribution < -0.4 is 33.2 Å². The first-order valence-electron chi connectivity index (χ1n) is 13.7. The van der Waals surface area contributed by atoms with Gasteiger partial charge in [0.25, 0.3) is 0 Å². The summed E-state index contributed by atoms with van der Waals surface area (Å²) in [7, 11) is 0. The van der Waals surface area contributed by atoms with E-state index in [0.29, 0.717) is 5.56 Å². The largest absolute Gasteiger partial charge is 0.481 e. The molecule has 240 valence electrons. The van der Waals surface area contributed by atoms with E-state index in [1.807, 2.05) is 0 Å². The van der Waals surface area contributed by atoms with Crippen molar-refractivity contribution >= 4 is 52.5 Å². The number of benzene rings is 1. The zero-order chi connectivity index (χ0) is 32.8. The molecule has 0 aliphatic heterocycles. The predicted molar refractivity (Wildman–Crippen MR) is 157 cm³/mol. The van der Waals surface area contributed by atoms with Crippen LogP contribution in [0.25, 0.3) is 10.9 Å². The first kappa shape index (κ1) is 35.0. The fourth-order valence-electron chi connectivity index (χ4n) is 4.26. The lowest BCUT2D eigenvalue weighted by Gasteiger charge is -2.25. The summed E-state index contributed by atoms with van der Waals surface area (Å²) in [5.41, 5.74) is 17.8. The van der Waals surface area contributed by atoms with Crippen molar-refractivity contribution in [3.05, 3.63) is 36.0 Å². The molecule has 17 nitrogen and oxygen atoms in total. The van der Waals surface area contributed by atoms with Gasteiger partial charge in [0.2, 0.25) is 17.7 Å². The summed E-state index contributed by atoms with van der Waals surface area (Å²) in [5, 5.41) is 35.8. The Kier molecular flexibility index (Phi) is 13.6. The molecule has 4 atom stereocenters. The summed E-state index contributed by atoms with van der Waals surface area (Å²) in [4.78, 5) is 80.1. The van der Waals surface area contributed by atoms with Crippen molar-refractivity contribution in [3.8, 4) is 0 Å². The van der Waals surface area contributed by atoms with Crippen LogP contribution in [0.2, 0.25) is 0 Å². The van der Waals surface area contributed by atoms with Crippen LogP contribution in [-0.4, -0.2) is 92.6 Å². The molecule has 0 saturated heterocycles. The molecule has 0 fully saturated rings. The van der Waals surface area contributed by atoms with Gasteiger partial charge in [-0.25, -0.2) is 4.79 Å². The van der Waals surface area contributed by atoms with Gasteiger partial charge in [-0.15, -0.1) is 0 Å². The highest BCUT2D eigenvalue weighted by atomic mass is 16.4. The quantitative estimate of drug-likeness (QED) is 0.0481. The first-order valence-corrected chi connectivity index (χ1v) is 13.7. The molecule has 0 aliphatic rings. The summed E-state index contributed by atoms with van der Waals surface area (Å²) >= 11 is 0. The number of hydrogen-bond donors (Lipinski definition) is 10. The number of hydrogen-bond acceptors (Lipinski definition) is 8. The molecule has 2 rings (SSSR count). The Morgan fingerprint density at radius 1 is 0.795 bits per heavy atom. The summed E-state index contributed by atoms with van der Waals surface area (Å²) in [6, 6.07) is 1.70. The number of rotatable bonds is 19. The van der Waals surface area contributed by atoms with Crippen molar-refractivity contribution in [2.45, 2.75) is 69.1 Å². The lowest BCUT2D eigenvalue weighted by atomic mass is 10.0. The number of fused-ring (bicyclic) bond motifs is 1. The maximum atomic E-state index is 13.3. The number of aromatic nitrogens is 1. The molecule has 0 aliphatic carbocycles. The van der Waals surface area contributed by atoms with Crippen molar-refractivity contribution < 1.29 is 44.1 Å². The van der Waals surface area contributed by atoms with Crippen molar-refractivity contribution in [1.82, 2.24) is 20.9 Å². The van der Waals surface area contributed by atoms with Crippen LogP contribution in [-0.2, 0) is 35.2 Å². The van der Waals surface area contributed by atoms with E-state index < -0.39 is 72.6 Å². The van der Waals surface area contributed by atoms with Gasteiger partial charge >= 0.3 is 17.9 Å². The summed E-state index contributed by atoms with van der Waals surface area (Å²) in [5.74, 6) is -6.65. The standard InChI is InChI=1S/C27H38N8O9/c28-16(7-9-21(36)37)23(40)33-18(6-3-11-31-27(29)30)24(41)34-19(8-10-22(38)39)25(42)35-20(26(43)44)12-14-13-32-17-5-2-1-4-15(14)17/h1-2,4-5,13,16,18-20,32H,3,6-12,28H2,(H,33,40)(H,34,41)(H,35,42)(H,36,37)(H,38,39)(H,43,44)(H4,29,30,31). The number of guanidine groups is 1. The van der Waals surface area contributed by atoms with Gasteiger partial charge in [0, 0.05) is 42.9 Å². The molecule has 4 unspecified atom stereocenters. The van der Waals surface area contributed by atoms with Crippen molar-refractivity contribution in [3.63, 3.8) is 0 Å². The summed E-state index contributed by atoms with van der Waals surface area (Å²) < 4.78 is 0. The number of carbonyl (C=O) groups excluding carboxylic acids is 3. The lowest BCUT2D eigenvalue weighted by Crippen LogP contribution is -2.57. The minimum absolute atomic E-state index is 0.0361. The fourth-order valence-corrected chi connectivity index (χ4v) is 4.26. The Morgan fingerprint density at radius 2 is 1.36 bits per heavy atom. The molecule has 0 spiro atoms. The van der Waals surface area contributed by atoms with Gasteiger partial charge < -0.3 is 53.5 Å². The third-order valence-electron chi connectivity index (χ3n) is 6.58. The topological polar surface area (TPSA) is 305 Å². The molecule has 13 N–H and O–H groups in total. The predicted octanol–water partition coefficient (Wildman–Crippen LogP) is -1.64. The molecule has 2 aromatic rings. The molecule has 0 radical (unpaired) electrons. The Bertz CT molecular complexity index is 1370. The van der Waals surface area contributed by atoms with Crippen LogP contribution in [0.3, 0.4) is 0 Å². The first-order chi connectivity index (χ1) is 20.8. The van der Waals surface area contributed by atoms with Crippen LogP contribution in [0.15, 0.2) is 35.5 Å². The number of carboxylic acids is 3. The van der Waals surface area contributed by atoms with Crippen molar-refractivity contribution in [2.24, 2.45) is 22.2 Å². The highest BCUT2D eigenvalue weighted by molar-refractivity contribution is 5.94.